The molecule has 2 N–H and O–H groups in total. The maximum atomic E-state index is 11.0. The van der Waals surface area contributed by atoms with Crippen LogP contribution in [0.5, 0.6) is 0 Å². The minimum absolute atomic E-state index is 0.174. The van der Waals surface area contributed by atoms with Crippen molar-refractivity contribution in [2.24, 2.45) is 5.73 Å². The van der Waals surface area contributed by atoms with Crippen LogP contribution in [-0.4, -0.2) is 18.1 Å². The Balaban J connectivity index is 2.69. The number of carbonyl (C=O) groups is 1. The molecule has 0 aromatic carbocycles. The maximum Gasteiger partial charge on any atom is 0.307 e. The standard InChI is InChI=1S/C9H11BrN2O2/c1-14-9(13)5-7(11)6-2-3-12-8(10)4-6/h2-4,7H,5,11H2,1H3/t7-/m0/s1. The first kappa shape index (κ1) is 11.1. The number of carbonyl (C=O) groups excluding carboxylic acids is 1. The number of halogens is 1. The third kappa shape index (κ3) is 3.08. The minimum Gasteiger partial charge on any atom is -0.469 e. The fourth-order valence-corrected chi connectivity index (χ4v) is 1.41. The van der Waals surface area contributed by atoms with E-state index in [1.165, 1.54) is 7.11 Å². The number of hydrogen-bond acceptors (Lipinski definition) is 4. The molecule has 4 nitrogen and oxygen atoms in total. The topological polar surface area (TPSA) is 65.2 Å². The quantitative estimate of drug-likeness (QED) is 0.658. The number of methoxy groups -OCH3 is 1. The van der Waals surface area contributed by atoms with Crippen molar-refractivity contribution in [3.8, 4) is 0 Å². The number of aromatic nitrogens is 1. The summed E-state index contributed by atoms with van der Waals surface area (Å²) in [5.74, 6) is -0.314. The average Bonchev–Trinajstić information content (AvgIpc) is 2.17. The van der Waals surface area contributed by atoms with Crippen LogP contribution < -0.4 is 5.73 Å². The fourth-order valence-electron chi connectivity index (χ4n) is 1.03. The van der Waals surface area contributed by atoms with Gasteiger partial charge in [-0.05, 0) is 33.6 Å². The lowest BCUT2D eigenvalue weighted by Crippen LogP contribution is -2.16. The zero-order chi connectivity index (χ0) is 10.6. The Morgan fingerprint density at radius 3 is 3.07 bits per heavy atom. The minimum atomic E-state index is -0.346. The Labute approximate surface area is 90.6 Å². The van der Waals surface area contributed by atoms with Crippen molar-refractivity contribution < 1.29 is 9.53 Å². The van der Waals surface area contributed by atoms with Gasteiger partial charge in [-0.3, -0.25) is 4.79 Å². The summed E-state index contributed by atoms with van der Waals surface area (Å²) in [6.07, 6.45) is 1.81. The van der Waals surface area contributed by atoms with Crippen molar-refractivity contribution in [3.63, 3.8) is 0 Å². The van der Waals surface area contributed by atoms with Crippen LogP contribution in [0.3, 0.4) is 0 Å². The summed E-state index contributed by atoms with van der Waals surface area (Å²) >= 11 is 3.23. The Hall–Kier alpha value is -0.940. The predicted octanol–water partition coefficient (Wildman–Crippen LogP) is 1.41. The first-order valence-electron chi connectivity index (χ1n) is 4.07. The molecule has 14 heavy (non-hydrogen) atoms. The summed E-state index contributed by atoms with van der Waals surface area (Å²) in [6.45, 7) is 0. The third-order valence-corrected chi connectivity index (χ3v) is 2.23. The summed E-state index contributed by atoms with van der Waals surface area (Å²) in [4.78, 5) is 14.9. The van der Waals surface area contributed by atoms with Gasteiger partial charge in [0.25, 0.3) is 0 Å². The van der Waals surface area contributed by atoms with Gasteiger partial charge in [0.2, 0.25) is 0 Å². The highest BCUT2D eigenvalue weighted by molar-refractivity contribution is 9.10. The second-order valence-electron chi connectivity index (χ2n) is 2.80. The van der Waals surface area contributed by atoms with E-state index in [1.807, 2.05) is 0 Å². The molecule has 1 aromatic rings. The maximum absolute atomic E-state index is 11.0. The molecular formula is C9H11BrN2O2. The van der Waals surface area contributed by atoms with Gasteiger partial charge in [-0.2, -0.15) is 0 Å². The molecule has 0 amide bonds. The van der Waals surface area contributed by atoms with Crippen molar-refractivity contribution in [1.82, 2.24) is 4.98 Å². The molecule has 0 saturated carbocycles. The second-order valence-corrected chi connectivity index (χ2v) is 3.61. The smallest absolute Gasteiger partial charge is 0.307 e. The van der Waals surface area contributed by atoms with E-state index in [1.54, 1.807) is 18.3 Å². The molecular weight excluding hydrogens is 248 g/mol. The number of ether oxygens (including phenoxy) is 1. The molecule has 1 heterocycles. The Bertz CT molecular complexity index is 330. The summed E-state index contributed by atoms with van der Waals surface area (Å²) in [7, 11) is 1.34. The van der Waals surface area contributed by atoms with E-state index in [2.05, 4.69) is 25.7 Å². The van der Waals surface area contributed by atoms with E-state index in [-0.39, 0.29) is 18.4 Å². The van der Waals surface area contributed by atoms with Gasteiger partial charge >= 0.3 is 5.97 Å². The Morgan fingerprint density at radius 2 is 2.50 bits per heavy atom. The van der Waals surface area contributed by atoms with Gasteiger partial charge in [0.15, 0.2) is 0 Å². The molecule has 0 aliphatic heterocycles. The van der Waals surface area contributed by atoms with Crippen molar-refractivity contribution >= 4 is 21.9 Å². The van der Waals surface area contributed by atoms with E-state index in [0.717, 1.165) is 5.56 Å². The zero-order valence-corrected chi connectivity index (χ0v) is 9.32. The molecule has 0 saturated heterocycles. The first-order valence-corrected chi connectivity index (χ1v) is 4.86. The van der Waals surface area contributed by atoms with Gasteiger partial charge in [0.05, 0.1) is 13.5 Å². The molecule has 1 atom stereocenters. The van der Waals surface area contributed by atoms with Gasteiger partial charge in [-0.15, -0.1) is 0 Å². The molecule has 1 rings (SSSR count). The van der Waals surface area contributed by atoms with E-state index < -0.39 is 0 Å². The van der Waals surface area contributed by atoms with Crippen LogP contribution in [0.4, 0.5) is 0 Å². The van der Waals surface area contributed by atoms with Crippen molar-refractivity contribution in [3.05, 3.63) is 28.5 Å². The van der Waals surface area contributed by atoms with Crippen LogP contribution >= 0.6 is 15.9 Å². The monoisotopic (exact) mass is 258 g/mol. The van der Waals surface area contributed by atoms with Gasteiger partial charge < -0.3 is 10.5 Å². The molecule has 0 bridgehead atoms. The lowest BCUT2D eigenvalue weighted by atomic mass is 10.1. The van der Waals surface area contributed by atoms with Crippen molar-refractivity contribution in [2.45, 2.75) is 12.5 Å². The number of hydrogen-bond donors (Lipinski definition) is 1. The highest BCUT2D eigenvalue weighted by atomic mass is 79.9. The van der Waals surface area contributed by atoms with Crippen LogP contribution in [-0.2, 0) is 9.53 Å². The number of esters is 1. The second kappa shape index (κ2) is 5.07. The highest BCUT2D eigenvalue weighted by Gasteiger charge is 2.11. The summed E-state index contributed by atoms with van der Waals surface area (Å²) in [5.41, 5.74) is 6.65. The SMILES string of the molecule is COC(=O)C[C@H](N)c1ccnc(Br)c1. The highest BCUT2D eigenvalue weighted by Crippen LogP contribution is 2.17. The Morgan fingerprint density at radius 1 is 1.79 bits per heavy atom. The van der Waals surface area contributed by atoms with Crippen LogP contribution in [0.25, 0.3) is 0 Å². The zero-order valence-electron chi connectivity index (χ0n) is 7.74. The molecule has 5 heteroatoms. The Kier molecular flexibility index (Phi) is 4.03. The summed E-state index contributed by atoms with van der Waals surface area (Å²) in [6, 6.07) is 3.22. The molecule has 0 spiro atoms. The van der Waals surface area contributed by atoms with Crippen LogP contribution in [0, 0.1) is 0 Å². The van der Waals surface area contributed by atoms with Crippen molar-refractivity contribution in [2.75, 3.05) is 7.11 Å². The van der Waals surface area contributed by atoms with Gasteiger partial charge in [-0.1, -0.05) is 0 Å². The van der Waals surface area contributed by atoms with Gasteiger partial charge in [0.1, 0.15) is 4.60 Å². The normalized spacial score (nSPS) is 12.2. The molecule has 0 unspecified atom stereocenters. The van der Waals surface area contributed by atoms with Crippen LogP contribution in [0.15, 0.2) is 22.9 Å². The summed E-state index contributed by atoms with van der Waals surface area (Å²) < 4.78 is 5.23. The van der Waals surface area contributed by atoms with Crippen molar-refractivity contribution in [1.29, 1.82) is 0 Å². The molecule has 0 aliphatic carbocycles. The third-order valence-electron chi connectivity index (χ3n) is 1.79. The molecule has 76 valence electrons. The number of rotatable bonds is 3. The van der Waals surface area contributed by atoms with Crippen LogP contribution in [0.2, 0.25) is 0 Å². The van der Waals surface area contributed by atoms with E-state index in [4.69, 9.17) is 5.73 Å². The van der Waals surface area contributed by atoms with Crippen LogP contribution in [0.1, 0.15) is 18.0 Å². The number of nitrogens with zero attached hydrogens (tertiary/aromatic N) is 1. The lowest BCUT2D eigenvalue weighted by Gasteiger charge is -2.10. The molecule has 1 aromatic heterocycles. The number of pyridine rings is 1. The number of nitrogens with two attached hydrogens (primary N) is 1. The van der Waals surface area contributed by atoms with Gasteiger partial charge in [-0.25, -0.2) is 4.98 Å². The first-order chi connectivity index (χ1) is 6.63. The van der Waals surface area contributed by atoms with Gasteiger partial charge in [0, 0.05) is 12.2 Å². The lowest BCUT2D eigenvalue weighted by molar-refractivity contribution is -0.141. The molecule has 0 aliphatic rings. The summed E-state index contributed by atoms with van der Waals surface area (Å²) in [5, 5.41) is 0. The fraction of sp³-hybridized carbons (Fsp3) is 0.333. The predicted molar refractivity (Wildman–Crippen MR) is 55.5 cm³/mol. The average molecular weight is 259 g/mol. The van der Waals surface area contributed by atoms with E-state index in [9.17, 15) is 4.79 Å². The van der Waals surface area contributed by atoms with E-state index in [0.29, 0.717) is 4.60 Å². The molecule has 0 radical (unpaired) electrons. The van der Waals surface area contributed by atoms with E-state index >= 15 is 0 Å². The molecule has 0 fully saturated rings. The largest absolute Gasteiger partial charge is 0.469 e.